The molecule has 0 aliphatic rings. The number of rotatable bonds is 3. The Labute approximate surface area is 107 Å². The minimum Gasteiger partial charge on any atom is -0.398 e. The molecule has 0 fully saturated rings. The van der Waals surface area contributed by atoms with Crippen molar-refractivity contribution in [1.82, 2.24) is 0 Å². The summed E-state index contributed by atoms with van der Waals surface area (Å²) in [4.78, 5) is 0. The Hall–Kier alpha value is -1.83. The summed E-state index contributed by atoms with van der Waals surface area (Å²) >= 11 is 0. The summed E-state index contributed by atoms with van der Waals surface area (Å²) in [5.74, 6) is -0.213. The molecule has 0 unspecified atom stereocenters. The molecular formula is C16H18FN. The molecule has 1 nitrogen and oxygen atoms in total. The Bertz CT molecular complexity index is 561. The first kappa shape index (κ1) is 12.6. The summed E-state index contributed by atoms with van der Waals surface area (Å²) in [5, 5.41) is 0. The lowest BCUT2D eigenvalue weighted by molar-refractivity contribution is 0.630. The molecule has 0 atom stereocenters. The summed E-state index contributed by atoms with van der Waals surface area (Å²) in [6.07, 6.45) is 2.10. The fraction of sp³-hybridized carbons (Fsp3) is 0.250. The van der Waals surface area contributed by atoms with Gasteiger partial charge in [-0.2, -0.15) is 0 Å². The van der Waals surface area contributed by atoms with E-state index in [9.17, 15) is 4.39 Å². The van der Waals surface area contributed by atoms with Crippen molar-refractivity contribution in [2.24, 2.45) is 0 Å². The van der Waals surface area contributed by atoms with E-state index in [2.05, 4.69) is 13.0 Å². The van der Waals surface area contributed by atoms with Gasteiger partial charge in [-0.25, -0.2) is 4.39 Å². The third kappa shape index (κ3) is 2.53. The van der Waals surface area contributed by atoms with Crippen LogP contribution < -0.4 is 5.73 Å². The molecule has 0 saturated heterocycles. The maximum Gasteiger partial charge on any atom is 0.131 e. The number of benzene rings is 2. The van der Waals surface area contributed by atoms with Crippen LogP contribution in [-0.4, -0.2) is 0 Å². The van der Waals surface area contributed by atoms with Gasteiger partial charge >= 0.3 is 0 Å². The van der Waals surface area contributed by atoms with Crippen molar-refractivity contribution in [1.29, 1.82) is 0 Å². The topological polar surface area (TPSA) is 26.0 Å². The normalized spacial score (nSPS) is 10.6. The van der Waals surface area contributed by atoms with Crippen LogP contribution in [-0.2, 0) is 6.42 Å². The lowest BCUT2D eigenvalue weighted by Gasteiger charge is -2.09. The Morgan fingerprint density at radius 2 is 1.94 bits per heavy atom. The number of hydrogen-bond acceptors (Lipinski definition) is 1. The van der Waals surface area contributed by atoms with Crippen molar-refractivity contribution in [3.63, 3.8) is 0 Å². The second kappa shape index (κ2) is 5.21. The lowest BCUT2D eigenvalue weighted by Crippen LogP contribution is -1.94. The number of nitrogen functional groups attached to an aromatic ring is 1. The van der Waals surface area contributed by atoms with Crippen LogP contribution in [0.5, 0.6) is 0 Å². The molecule has 0 bridgehead atoms. The Morgan fingerprint density at radius 3 is 2.67 bits per heavy atom. The molecule has 0 aliphatic heterocycles. The predicted molar refractivity (Wildman–Crippen MR) is 75.0 cm³/mol. The summed E-state index contributed by atoms with van der Waals surface area (Å²) in [6, 6.07) is 11.2. The van der Waals surface area contributed by atoms with E-state index >= 15 is 0 Å². The average Bonchev–Trinajstić information content (AvgIpc) is 2.34. The van der Waals surface area contributed by atoms with E-state index in [1.165, 1.54) is 11.6 Å². The average molecular weight is 243 g/mol. The second-order valence-electron chi connectivity index (χ2n) is 4.64. The van der Waals surface area contributed by atoms with Gasteiger partial charge in [-0.05, 0) is 42.2 Å². The molecule has 18 heavy (non-hydrogen) atoms. The third-order valence-electron chi connectivity index (χ3n) is 3.13. The standard InChI is InChI=1S/C16H18FN/c1-3-5-12-6-4-7-13(9-12)14-10-16(18)11(2)8-15(14)17/h4,6-10H,3,5,18H2,1-2H3. The molecule has 0 heterocycles. The first-order chi connectivity index (χ1) is 8.61. The van der Waals surface area contributed by atoms with Gasteiger partial charge in [0.05, 0.1) is 0 Å². The van der Waals surface area contributed by atoms with E-state index in [4.69, 9.17) is 5.73 Å². The Balaban J connectivity index is 2.48. The minimum atomic E-state index is -0.213. The van der Waals surface area contributed by atoms with E-state index in [1.807, 2.05) is 25.1 Å². The van der Waals surface area contributed by atoms with Crippen molar-refractivity contribution in [3.8, 4) is 11.1 Å². The first-order valence-electron chi connectivity index (χ1n) is 6.26. The highest BCUT2D eigenvalue weighted by atomic mass is 19.1. The highest BCUT2D eigenvalue weighted by molar-refractivity contribution is 5.70. The number of anilines is 1. The zero-order valence-electron chi connectivity index (χ0n) is 10.8. The van der Waals surface area contributed by atoms with Gasteiger partial charge in [0.1, 0.15) is 5.82 Å². The van der Waals surface area contributed by atoms with Crippen LogP contribution in [0.25, 0.3) is 11.1 Å². The minimum absolute atomic E-state index is 0.213. The molecule has 0 spiro atoms. The molecule has 2 rings (SSSR count). The number of nitrogens with two attached hydrogens (primary N) is 1. The smallest absolute Gasteiger partial charge is 0.131 e. The highest BCUT2D eigenvalue weighted by Crippen LogP contribution is 2.28. The van der Waals surface area contributed by atoms with Crippen LogP contribution in [0, 0.1) is 12.7 Å². The van der Waals surface area contributed by atoms with Crippen molar-refractivity contribution in [3.05, 3.63) is 53.3 Å². The zero-order valence-corrected chi connectivity index (χ0v) is 10.8. The van der Waals surface area contributed by atoms with Crippen LogP contribution in [0.3, 0.4) is 0 Å². The maximum atomic E-state index is 14.0. The Morgan fingerprint density at radius 1 is 1.17 bits per heavy atom. The van der Waals surface area contributed by atoms with Crippen LogP contribution in [0.2, 0.25) is 0 Å². The molecule has 0 saturated carbocycles. The molecule has 2 aromatic rings. The van der Waals surface area contributed by atoms with Crippen LogP contribution in [0.1, 0.15) is 24.5 Å². The van der Waals surface area contributed by atoms with Crippen molar-refractivity contribution < 1.29 is 4.39 Å². The van der Waals surface area contributed by atoms with Crippen molar-refractivity contribution in [2.45, 2.75) is 26.7 Å². The van der Waals surface area contributed by atoms with E-state index in [0.717, 1.165) is 24.0 Å². The first-order valence-corrected chi connectivity index (χ1v) is 6.26. The van der Waals surface area contributed by atoms with Crippen molar-refractivity contribution >= 4 is 5.69 Å². The predicted octanol–water partition coefficient (Wildman–Crippen LogP) is 4.34. The second-order valence-corrected chi connectivity index (χ2v) is 4.64. The molecule has 2 N–H and O–H groups in total. The Kier molecular flexibility index (Phi) is 3.66. The van der Waals surface area contributed by atoms with Gasteiger partial charge in [-0.15, -0.1) is 0 Å². The fourth-order valence-electron chi connectivity index (χ4n) is 2.09. The zero-order chi connectivity index (χ0) is 13.1. The fourth-order valence-corrected chi connectivity index (χ4v) is 2.09. The lowest BCUT2D eigenvalue weighted by atomic mass is 9.99. The summed E-state index contributed by atoms with van der Waals surface area (Å²) in [6.45, 7) is 3.95. The monoisotopic (exact) mass is 243 g/mol. The van der Waals surface area contributed by atoms with Gasteiger partial charge in [-0.3, -0.25) is 0 Å². The molecule has 94 valence electrons. The number of hydrogen-bond donors (Lipinski definition) is 1. The van der Waals surface area contributed by atoms with E-state index < -0.39 is 0 Å². The SMILES string of the molecule is CCCc1cccc(-c2cc(N)c(C)cc2F)c1. The molecule has 0 aliphatic carbocycles. The number of aryl methyl sites for hydroxylation is 2. The van der Waals surface area contributed by atoms with Crippen molar-refractivity contribution in [2.75, 3.05) is 5.73 Å². The van der Waals surface area contributed by atoms with Gasteiger partial charge in [0.15, 0.2) is 0 Å². The molecular weight excluding hydrogens is 225 g/mol. The number of halogens is 1. The molecule has 2 aromatic carbocycles. The van der Waals surface area contributed by atoms with Gasteiger partial charge in [-0.1, -0.05) is 37.6 Å². The van der Waals surface area contributed by atoms with Gasteiger partial charge in [0.2, 0.25) is 0 Å². The van der Waals surface area contributed by atoms with E-state index in [0.29, 0.717) is 11.3 Å². The van der Waals surface area contributed by atoms with Crippen LogP contribution >= 0.6 is 0 Å². The summed E-state index contributed by atoms with van der Waals surface area (Å²) in [5.41, 5.74) is 9.97. The van der Waals surface area contributed by atoms with E-state index in [1.54, 1.807) is 6.07 Å². The molecule has 0 aromatic heterocycles. The van der Waals surface area contributed by atoms with E-state index in [-0.39, 0.29) is 5.82 Å². The van der Waals surface area contributed by atoms with Crippen LogP contribution in [0.4, 0.5) is 10.1 Å². The highest BCUT2D eigenvalue weighted by Gasteiger charge is 2.08. The van der Waals surface area contributed by atoms with Gasteiger partial charge < -0.3 is 5.73 Å². The summed E-state index contributed by atoms with van der Waals surface area (Å²) in [7, 11) is 0. The van der Waals surface area contributed by atoms with Gasteiger partial charge in [0, 0.05) is 11.3 Å². The quantitative estimate of drug-likeness (QED) is 0.797. The molecule has 0 radical (unpaired) electrons. The van der Waals surface area contributed by atoms with Gasteiger partial charge in [0.25, 0.3) is 0 Å². The summed E-state index contributed by atoms with van der Waals surface area (Å²) < 4.78 is 14.0. The molecule has 2 heteroatoms. The maximum absolute atomic E-state index is 14.0. The largest absolute Gasteiger partial charge is 0.398 e. The third-order valence-corrected chi connectivity index (χ3v) is 3.13. The molecule has 0 amide bonds. The van der Waals surface area contributed by atoms with Crippen LogP contribution in [0.15, 0.2) is 36.4 Å².